The fourth-order valence-corrected chi connectivity index (χ4v) is 1.16. The Balaban J connectivity index is 3.09. The Morgan fingerprint density at radius 3 is 2.69 bits per heavy atom. The summed E-state index contributed by atoms with van der Waals surface area (Å²) in [5.41, 5.74) is 1.16. The number of aliphatic hydroxyl groups excluding tert-OH is 1. The highest BCUT2D eigenvalue weighted by Gasteiger charge is 2.07. The van der Waals surface area contributed by atoms with E-state index in [2.05, 4.69) is 0 Å². The molecule has 13 heavy (non-hydrogen) atoms. The molecule has 0 heterocycles. The summed E-state index contributed by atoms with van der Waals surface area (Å²) in [5.74, 6) is -0.134. The molecule has 1 aromatic carbocycles. The molecule has 0 aliphatic carbocycles. The van der Waals surface area contributed by atoms with Crippen molar-refractivity contribution in [1.82, 2.24) is 0 Å². The molecule has 0 spiro atoms. The van der Waals surface area contributed by atoms with E-state index in [9.17, 15) is 4.39 Å². The van der Waals surface area contributed by atoms with E-state index in [-0.39, 0.29) is 18.2 Å². The maximum absolute atomic E-state index is 13.3. The van der Waals surface area contributed by atoms with Crippen LogP contribution < -0.4 is 4.74 Å². The topological polar surface area (TPSA) is 29.5 Å². The summed E-state index contributed by atoms with van der Waals surface area (Å²) >= 11 is 0. The Kier molecular flexibility index (Phi) is 3.25. The summed E-state index contributed by atoms with van der Waals surface area (Å²) in [6, 6.07) is 3.13. The average Bonchev–Trinajstić information content (AvgIpc) is 2.13. The second-order valence-corrected chi connectivity index (χ2v) is 2.82. The van der Waals surface area contributed by atoms with Crippen LogP contribution in [-0.2, 0) is 6.61 Å². The SMILES string of the molecule is CCOc1cc(CO)cc(C)c1F. The van der Waals surface area contributed by atoms with Gasteiger partial charge in [0.2, 0.25) is 0 Å². The second-order valence-electron chi connectivity index (χ2n) is 2.82. The lowest BCUT2D eigenvalue weighted by Crippen LogP contribution is -1.98. The quantitative estimate of drug-likeness (QED) is 0.778. The number of hydrogen-bond acceptors (Lipinski definition) is 2. The highest BCUT2D eigenvalue weighted by molar-refractivity contribution is 5.35. The van der Waals surface area contributed by atoms with E-state index in [1.165, 1.54) is 6.07 Å². The first-order chi connectivity index (χ1) is 6.19. The predicted octanol–water partition coefficient (Wildman–Crippen LogP) is 2.03. The van der Waals surface area contributed by atoms with Crippen molar-refractivity contribution < 1.29 is 14.2 Å². The molecule has 1 rings (SSSR count). The van der Waals surface area contributed by atoms with Crippen LogP contribution in [0.2, 0.25) is 0 Å². The van der Waals surface area contributed by atoms with E-state index in [1.54, 1.807) is 19.9 Å². The van der Waals surface area contributed by atoms with Gasteiger partial charge >= 0.3 is 0 Å². The Hall–Kier alpha value is -1.09. The van der Waals surface area contributed by atoms with Crippen molar-refractivity contribution in [3.05, 3.63) is 29.1 Å². The van der Waals surface area contributed by atoms with Crippen LogP contribution in [-0.4, -0.2) is 11.7 Å². The Morgan fingerprint density at radius 1 is 1.46 bits per heavy atom. The highest BCUT2D eigenvalue weighted by Crippen LogP contribution is 2.22. The van der Waals surface area contributed by atoms with Crippen molar-refractivity contribution in [3.8, 4) is 5.75 Å². The van der Waals surface area contributed by atoms with Gasteiger partial charge in [0.1, 0.15) is 0 Å². The maximum Gasteiger partial charge on any atom is 0.167 e. The van der Waals surface area contributed by atoms with Crippen LogP contribution in [0.1, 0.15) is 18.1 Å². The summed E-state index contributed by atoms with van der Waals surface area (Å²) in [7, 11) is 0. The largest absolute Gasteiger partial charge is 0.491 e. The highest BCUT2D eigenvalue weighted by atomic mass is 19.1. The molecule has 0 aromatic heterocycles. The van der Waals surface area contributed by atoms with Gasteiger partial charge in [0.15, 0.2) is 11.6 Å². The number of hydrogen-bond donors (Lipinski definition) is 1. The van der Waals surface area contributed by atoms with Crippen LogP contribution in [0.5, 0.6) is 5.75 Å². The van der Waals surface area contributed by atoms with Gasteiger partial charge in [0.25, 0.3) is 0 Å². The van der Waals surface area contributed by atoms with Crippen LogP contribution in [0.15, 0.2) is 12.1 Å². The summed E-state index contributed by atoms with van der Waals surface area (Å²) in [5, 5.41) is 8.87. The van der Waals surface area contributed by atoms with Gasteiger partial charge in [0, 0.05) is 0 Å². The third-order valence-corrected chi connectivity index (χ3v) is 1.76. The summed E-state index contributed by atoms with van der Waals surface area (Å²) in [6.45, 7) is 3.77. The lowest BCUT2D eigenvalue weighted by atomic mass is 10.1. The number of halogens is 1. The van der Waals surface area contributed by atoms with E-state index in [0.29, 0.717) is 17.7 Å². The van der Waals surface area contributed by atoms with Gasteiger partial charge in [-0.05, 0) is 31.0 Å². The van der Waals surface area contributed by atoms with E-state index >= 15 is 0 Å². The summed E-state index contributed by atoms with van der Waals surface area (Å²) in [6.07, 6.45) is 0. The molecule has 1 N–H and O–H groups in total. The molecule has 0 amide bonds. The first-order valence-corrected chi connectivity index (χ1v) is 4.21. The Labute approximate surface area is 77.0 Å². The summed E-state index contributed by atoms with van der Waals surface area (Å²) < 4.78 is 18.4. The van der Waals surface area contributed by atoms with Gasteiger partial charge < -0.3 is 9.84 Å². The molecular weight excluding hydrogens is 171 g/mol. The van der Waals surface area contributed by atoms with Crippen LogP contribution in [0.4, 0.5) is 4.39 Å². The van der Waals surface area contributed by atoms with E-state index in [1.807, 2.05) is 0 Å². The van der Waals surface area contributed by atoms with E-state index < -0.39 is 0 Å². The van der Waals surface area contributed by atoms with Crippen LogP contribution in [0.25, 0.3) is 0 Å². The van der Waals surface area contributed by atoms with Crippen molar-refractivity contribution in [2.45, 2.75) is 20.5 Å². The fourth-order valence-electron chi connectivity index (χ4n) is 1.16. The molecule has 0 radical (unpaired) electrons. The minimum atomic E-state index is -0.348. The Morgan fingerprint density at radius 2 is 2.15 bits per heavy atom. The minimum Gasteiger partial charge on any atom is -0.491 e. The number of aliphatic hydroxyl groups is 1. The number of rotatable bonds is 3. The lowest BCUT2D eigenvalue weighted by molar-refractivity contribution is 0.278. The van der Waals surface area contributed by atoms with Gasteiger partial charge in [-0.1, -0.05) is 6.07 Å². The zero-order valence-corrected chi connectivity index (χ0v) is 7.80. The zero-order chi connectivity index (χ0) is 9.84. The first kappa shape index (κ1) is 9.99. The number of benzene rings is 1. The summed E-state index contributed by atoms with van der Waals surface area (Å²) in [4.78, 5) is 0. The van der Waals surface area contributed by atoms with Crippen LogP contribution in [0, 0.1) is 12.7 Å². The zero-order valence-electron chi connectivity index (χ0n) is 7.80. The molecule has 3 heteroatoms. The average molecular weight is 184 g/mol. The third-order valence-electron chi connectivity index (χ3n) is 1.76. The minimum absolute atomic E-state index is 0.0960. The monoisotopic (exact) mass is 184 g/mol. The smallest absolute Gasteiger partial charge is 0.167 e. The molecule has 0 bridgehead atoms. The van der Waals surface area contributed by atoms with Gasteiger partial charge in [-0.25, -0.2) is 4.39 Å². The van der Waals surface area contributed by atoms with Gasteiger partial charge in [-0.3, -0.25) is 0 Å². The third kappa shape index (κ3) is 2.18. The molecule has 0 atom stereocenters. The van der Waals surface area contributed by atoms with Crippen LogP contribution >= 0.6 is 0 Å². The molecule has 0 unspecified atom stereocenters. The fraction of sp³-hybridized carbons (Fsp3) is 0.400. The van der Waals surface area contributed by atoms with Crippen molar-refractivity contribution in [2.75, 3.05) is 6.61 Å². The number of aryl methyl sites for hydroxylation is 1. The Bertz CT molecular complexity index is 297. The molecule has 0 saturated carbocycles. The van der Waals surface area contributed by atoms with Gasteiger partial charge in [0.05, 0.1) is 13.2 Å². The van der Waals surface area contributed by atoms with Crippen molar-refractivity contribution >= 4 is 0 Å². The van der Waals surface area contributed by atoms with Gasteiger partial charge in [-0.15, -0.1) is 0 Å². The van der Waals surface area contributed by atoms with E-state index in [4.69, 9.17) is 9.84 Å². The molecule has 0 aliphatic heterocycles. The second kappa shape index (κ2) is 4.23. The molecule has 1 aromatic rings. The molecule has 72 valence electrons. The van der Waals surface area contributed by atoms with Crippen molar-refractivity contribution in [3.63, 3.8) is 0 Å². The van der Waals surface area contributed by atoms with E-state index in [0.717, 1.165) is 0 Å². The first-order valence-electron chi connectivity index (χ1n) is 4.21. The normalized spacial score (nSPS) is 10.2. The maximum atomic E-state index is 13.3. The molecule has 0 aliphatic rings. The standard InChI is InChI=1S/C10H13FO2/c1-3-13-9-5-8(6-12)4-7(2)10(9)11/h4-5,12H,3,6H2,1-2H3. The lowest BCUT2D eigenvalue weighted by Gasteiger charge is -2.08. The molecule has 2 nitrogen and oxygen atoms in total. The molecular formula is C10H13FO2. The number of ether oxygens (including phenoxy) is 1. The predicted molar refractivity (Wildman–Crippen MR) is 48.2 cm³/mol. The van der Waals surface area contributed by atoms with Crippen molar-refractivity contribution in [1.29, 1.82) is 0 Å². The molecule has 0 saturated heterocycles. The van der Waals surface area contributed by atoms with Crippen molar-refractivity contribution in [2.24, 2.45) is 0 Å². The van der Waals surface area contributed by atoms with Gasteiger partial charge in [-0.2, -0.15) is 0 Å². The van der Waals surface area contributed by atoms with Crippen LogP contribution in [0.3, 0.4) is 0 Å². The molecule has 0 fully saturated rings.